The molecule has 0 spiro atoms. The Hall–Kier alpha value is -2.96. The summed E-state index contributed by atoms with van der Waals surface area (Å²) in [4.78, 5) is 0. The standard InChI is InChI=1S/C21H19ClFN5/c22-20-5-2-1-4-19(20)21-16(14-24-11-13-27-12-3-10-25-27)15-28(26-21)18-8-6-17(23)7-9-18/h1-10,12,15,24H,11,13-14H2. The molecule has 0 atom stereocenters. The third-order valence-corrected chi connectivity index (χ3v) is 4.73. The van der Waals surface area contributed by atoms with E-state index < -0.39 is 0 Å². The van der Waals surface area contributed by atoms with E-state index in [0.717, 1.165) is 35.6 Å². The zero-order chi connectivity index (χ0) is 19.3. The highest BCUT2D eigenvalue weighted by molar-refractivity contribution is 6.33. The molecule has 0 bridgehead atoms. The van der Waals surface area contributed by atoms with Crippen LogP contribution < -0.4 is 5.32 Å². The molecule has 0 saturated carbocycles. The number of hydrogen-bond acceptors (Lipinski definition) is 3. The number of rotatable bonds is 7. The second-order valence-corrected chi connectivity index (χ2v) is 6.76. The van der Waals surface area contributed by atoms with E-state index in [1.165, 1.54) is 12.1 Å². The van der Waals surface area contributed by atoms with Crippen LogP contribution in [0.3, 0.4) is 0 Å². The van der Waals surface area contributed by atoms with Crippen LogP contribution in [0, 0.1) is 5.82 Å². The summed E-state index contributed by atoms with van der Waals surface area (Å²) in [6, 6.07) is 15.8. The normalized spacial score (nSPS) is 11.1. The van der Waals surface area contributed by atoms with Crippen LogP contribution >= 0.6 is 11.6 Å². The van der Waals surface area contributed by atoms with Gasteiger partial charge in [-0.3, -0.25) is 4.68 Å². The molecule has 2 aromatic carbocycles. The van der Waals surface area contributed by atoms with Gasteiger partial charge in [-0.1, -0.05) is 29.8 Å². The van der Waals surface area contributed by atoms with E-state index in [0.29, 0.717) is 11.6 Å². The molecular weight excluding hydrogens is 377 g/mol. The van der Waals surface area contributed by atoms with Crippen molar-refractivity contribution in [1.29, 1.82) is 0 Å². The Bertz CT molecular complexity index is 1040. The molecule has 7 heteroatoms. The zero-order valence-electron chi connectivity index (χ0n) is 15.1. The van der Waals surface area contributed by atoms with Gasteiger partial charge in [-0.05, 0) is 36.4 Å². The Morgan fingerprint density at radius 2 is 1.86 bits per heavy atom. The largest absolute Gasteiger partial charge is 0.311 e. The van der Waals surface area contributed by atoms with Gasteiger partial charge < -0.3 is 5.32 Å². The lowest BCUT2D eigenvalue weighted by molar-refractivity contribution is 0.555. The van der Waals surface area contributed by atoms with Crippen LogP contribution in [-0.2, 0) is 13.1 Å². The van der Waals surface area contributed by atoms with E-state index in [1.54, 1.807) is 23.0 Å². The zero-order valence-corrected chi connectivity index (χ0v) is 15.9. The third-order valence-electron chi connectivity index (χ3n) is 4.40. The monoisotopic (exact) mass is 395 g/mol. The van der Waals surface area contributed by atoms with Gasteiger partial charge in [0, 0.05) is 42.8 Å². The van der Waals surface area contributed by atoms with E-state index in [1.807, 2.05) is 47.4 Å². The van der Waals surface area contributed by atoms with Gasteiger partial charge in [0.15, 0.2) is 0 Å². The van der Waals surface area contributed by atoms with Crippen LogP contribution in [-0.4, -0.2) is 26.1 Å². The van der Waals surface area contributed by atoms with Gasteiger partial charge in [-0.25, -0.2) is 9.07 Å². The predicted molar refractivity (Wildman–Crippen MR) is 108 cm³/mol. The Labute approximate surface area is 167 Å². The third kappa shape index (κ3) is 4.13. The Morgan fingerprint density at radius 3 is 2.61 bits per heavy atom. The lowest BCUT2D eigenvalue weighted by Gasteiger charge is -2.06. The summed E-state index contributed by atoms with van der Waals surface area (Å²) in [6.45, 7) is 2.18. The Balaban J connectivity index is 1.59. The number of aromatic nitrogens is 4. The molecule has 2 aromatic heterocycles. The van der Waals surface area contributed by atoms with Crippen molar-refractivity contribution in [3.63, 3.8) is 0 Å². The van der Waals surface area contributed by atoms with Gasteiger partial charge in [-0.15, -0.1) is 0 Å². The second-order valence-electron chi connectivity index (χ2n) is 6.35. The molecule has 1 N–H and O–H groups in total. The summed E-state index contributed by atoms with van der Waals surface area (Å²) < 4.78 is 16.9. The molecular formula is C21H19ClFN5. The van der Waals surface area contributed by atoms with Crippen LogP contribution in [0.15, 0.2) is 73.2 Å². The number of halogens is 2. The first-order valence-electron chi connectivity index (χ1n) is 8.98. The first-order valence-corrected chi connectivity index (χ1v) is 9.36. The lowest BCUT2D eigenvalue weighted by Crippen LogP contribution is -2.19. The summed E-state index contributed by atoms with van der Waals surface area (Å²) in [7, 11) is 0. The van der Waals surface area contributed by atoms with E-state index in [-0.39, 0.29) is 5.82 Å². The minimum atomic E-state index is -0.275. The van der Waals surface area contributed by atoms with E-state index in [2.05, 4.69) is 10.4 Å². The number of nitrogens with zero attached hydrogens (tertiary/aromatic N) is 4. The Kier molecular flexibility index (Phi) is 5.50. The maximum absolute atomic E-state index is 13.3. The van der Waals surface area contributed by atoms with Crippen molar-refractivity contribution in [1.82, 2.24) is 24.9 Å². The van der Waals surface area contributed by atoms with Crippen LogP contribution in [0.25, 0.3) is 16.9 Å². The maximum atomic E-state index is 13.3. The van der Waals surface area contributed by atoms with Crippen molar-refractivity contribution < 1.29 is 4.39 Å². The van der Waals surface area contributed by atoms with Crippen molar-refractivity contribution in [3.05, 3.63) is 89.6 Å². The van der Waals surface area contributed by atoms with Crippen molar-refractivity contribution in [2.24, 2.45) is 0 Å². The number of hydrogen-bond donors (Lipinski definition) is 1. The van der Waals surface area contributed by atoms with Gasteiger partial charge >= 0.3 is 0 Å². The summed E-state index contributed by atoms with van der Waals surface area (Å²) >= 11 is 6.40. The summed E-state index contributed by atoms with van der Waals surface area (Å²) in [5, 5.41) is 13.0. The average molecular weight is 396 g/mol. The molecule has 0 fully saturated rings. The van der Waals surface area contributed by atoms with Gasteiger partial charge in [0.25, 0.3) is 0 Å². The minimum Gasteiger partial charge on any atom is -0.311 e. The van der Waals surface area contributed by atoms with Gasteiger partial charge in [0.05, 0.1) is 22.9 Å². The van der Waals surface area contributed by atoms with E-state index in [9.17, 15) is 4.39 Å². The molecule has 0 radical (unpaired) electrons. The highest BCUT2D eigenvalue weighted by Gasteiger charge is 2.14. The first kappa shape index (κ1) is 18.4. The van der Waals surface area contributed by atoms with E-state index >= 15 is 0 Å². The molecule has 0 aliphatic carbocycles. The molecule has 0 aliphatic rings. The number of benzene rings is 2. The molecule has 2 heterocycles. The van der Waals surface area contributed by atoms with Gasteiger partial charge in [-0.2, -0.15) is 10.2 Å². The highest BCUT2D eigenvalue weighted by atomic mass is 35.5. The summed E-state index contributed by atoms with van der Waals surface area (Å²) in [5.74, 6) is -0.275. The van der Waals surface area contributed by atoms with Crippen LogP contribution in [0.1, 0.15) is 5.56 Å². The topological polar surface area (TPSA) is 47.7 Å². The van der Waals surface area contributed by atoms with Crippen molar-refractivity contribution in [2.45, 2.75) is 13.1 Å². The molecule has 0 aliphatic heterocycles. The molecule has 28 heavy (non-hydrogen) atoms. The van der Waals surface area contributed by atoms with Crippen LogP contribution in [0.5, 0.6) is 0 Å². The van der Waals surface area contributed by atoms with Crippen molar-refractivity contribution in [3.8, 4) is 16.9 Å². The fourth-order valence-corrected chi connectivity index (χ4v) is 3.22. The van der Waals surface area contributed by atoms with Gasteiger partial charge in [0.1, 0.15) is 5.82 Å². The fraction of sp³-hybridized carbons (Fsp3) is 0.143. The highest BCUT2D eigenvalue weighted by Crippen LogP contribution is 2.30. The lowest BCUT2D eigenvalue weighted by atomic mass is 10.1. The number of nitrogens with one attached hydrogen (secondary N) is 1. The van der Waals surface area contributed by atoms with Crippen LogP contribution in [0.2, 0.25) is 5.02 Å². The molecule has 0 saturated heterocycles. The van der Waals surface area contributed by atoms with Gasteiger partial charge in [0.2, 0.25) is 0 Å². The molecule has 4 aromatic rings. The SMILES string of the molecule is Fc1ccc(-n2cc(CNCCn3cccn3)c(-c3ccccc3Cl)n2)cc1. The Morgan fingerprint density at radius 1 is 1.04 bits per heavy atom. The maximum Gasteiger partial charge on any atom is 0.123 e. The summed E-state index contributed by atoms with van der Waals surface area (Å²) in [6.07, 6.45) is 5.65. The van der Waals surface area contributed by atoms with Crippen molar-refractivity contribution in [2.75, 3.05) is 6.54 Å². The smallest absolute Gasteiger partial charge is 0.123 e. The molecule has 4 rings (SSSR count). The minimum absolute atomic E-state index is 0.275. The first-order chi connectivity index (χ1) is 13.7. The second kappa shape index (κ2) is 8.37. The molecule has 142 valence electrons. The fourth-order valence-electron chi connectivity index (χ4n) is 2.99. The quantitative estimate of drug-likeness (QED) is 0.474. The average Bonchev–Trinajstić information content (AvgIpc) is 3.36. The summed E-state index contributed by atoms with van der Waals surface area (Å²) in [5.41, 5.74) is 3.48. The molecule has 0 unspecified atom stereocenters. The van der Waals surface area contributed by atoms with E-state index in [4.69, 9.17) is 16.7 Å². The molecule has 0 amide bonds. The predicted octanol–water partition coefficient (Wildman–Crippen LogP) is 4.32. The van der Waals surface area contributed by atoms with Crippen LogP contribution in [0.4, 0.5) is 4.39 Å². The molecule has 5 nitrogen and oxygen atoms in total. The van der Waals surface area contributed by atoms with Crippen molar-refractivity contribution >= 4 is 11.6 Å².